The number of nitrogens with one attached hydrogen (secondary N) is 2. The molecule has 4 nitrogen and oxygen atoms in total. The van der Waals surface area contributed by atoms with E-state index in [9.17, 15) is 4.79 Å². The summed E-state index contributed by atoms with van der Waals surface area (Å²) in [7, 11) is 0. The Hall–Kier alpha value is -0.770. The van der Waals surface area contributed by atoms with E-state index in [1.807, 2.05) is 20.8 Å². The molecule has 1 atom stereocenters. The molecule has 0 bridgehead atoms. The molecule has 0 saturated heterocycles. The summed E-state index contributed by atoms with van der Waals surface area (Å²) in [6.07, 6.45) is 4.52. The molecule has 1 saturated carbocycles. The van der Waals surface area contributed by atoms with Crippen molar-refractivity contribution in [1.29, 1.82) is 0 Å². The van der Waals surface area contributed by atoms with Crippen LogP contribution in [0, 0.1) is 5.92 Å². The molecular formula is C14H28N2O2. The zero-order chi connectivity index (χ0) is 13.6. The molecular weight excluding hydrogens is 228 g/mol. The fraction of sp³-hybridized carbons (Fsp3) is 0.929. The van der Waals surface area contributed by atoms with Crippen molar-refractivity contribution in [3.05, 3.63) is 0 Å². The van der Waals surface area contributed by atoms with Gasteiger partial charge in [-0.2, -0.15) is 0 Å². The predicted molar refractivity (Wildman–Crippen MR) is 73.7 cm³/mol. The molecule has 0 spiro atoms. The maximum Gasteiger partial charge on any atom is 0.407 e. The minimum atomic E-state index is -0.423. The van der Waals surface area contributed by atoms with Crippen LogP contribution < -0.4 is 10.6 Å². The molecule has 0 heterocycles. The van der Waals surface area contributed by atoms with Crippen LogP contribution >= 0.6 is 0 Å². The molecule has 1 fully saturated rings. The van der Waals surface area contributed by atoms with Crippen molar-refractivity contribution < 1.29 is 9.53 Å². The van der Waals surface area contributed by atoms with Crippen molar-refractivity contribution in [2.75, 3.05) is 13.1 Å². The molecule has 1 aliphatic rings. The highest BCUT2D eigenvalue weighted by atomic mass is 16.6. The molecule has 0 aliphatic heterocycles. The predicted octanol–water partition coefficient (Wildman–Crippen LogP) is 2.68. The van der Waals surface area contributed by atoms with E-state index in [-0.39, 0.29) is 12.1 Å². The first-order chi connectivity index (χ1) is 8.42. The van der Waals surface area contributed by atoms with Gasteiger partial charge in [-0.1, -0.05) is 13.3 Å². The summed E-state index contributed by atoms with van der Waals surface area (Å²) in [5, 5.41) is 6.39. The van der Waals surface area contributed by atoms with Crippen molar-refractivity contribution in [1.82, 2.24) is 10.6 Å². The Labute approximate surface area is 111 Å². The van der Waals surface area contributed by atoms with Gasteiger partial charge in [-0.15, -0.1) is 0 Å². The molecule has 1 aliphatic carbocycles. The fourth-order valence-corrected chi connectivity index (χ4v) is 1.85. The van der Waals surface area contributed by atoms with Gasteiger partial charge in [0.15, 0.2) is 0 Å². The number of rotatable bonds is 7. The standard InChI is InChI=1S/C14H28N2O2/c1-5-6-9-15-10-12(11-7-8-11)16-13(17)18-14(2,3)4/h11-12,15H,5-10H2,1-4H3,(H,16,17). The number of amides is 1. The molecule has 18 heavy (non-hydrogen) atoms. The summed E-state index contributed by atoms with van der Waals surface area (Å²) in [5.74, 6) is 0.631. The van der Waals surface area contributed by atoms with Crippen molar-refractivity contribution in [3.8, 4) is 0 Å². The zero-order valence-electron chi connectivity index (χ0n) is 12.2. The number of ether oxygens (including phenoxy) is 1. The number of carbonyl (C=O) groups is 1. The summed E-state index contributed by atoms with van der Waals surface area (Å²) in [5.41, 5.74) is -0.423. The topological polar surface area (TPSA) is 50.4 Å². The second kappa shape index (κ2) is 6.98. The summed E-state index contributed by atoms with van der Waals surface area (Å²) < 4.78 is 5.30. The maximum atomic E-state index is 11.7. The van der Waals surface area contributed by atoms with Gasteiger partial charge in [0.05, 0.1) is 0 Å². The first-order valence-corrected chi connectivity index (χ1v) is 7.12. The van der Waals surface area contributed by atoms with Gasteiger partial charge in [-0.05, 0) is 52.5 Å². The van der Waals surface area contributed by atoms with Gasteiger partial charge in [-0.25, -0.2) is 4.79 Å². The lowest BCUT2D eigenvalue weighted by Gasteiger charge is -2.24. The summed E-state index contributed by atoms with van der Waals surface area (Å²) in [6.45, 7) is 9.72. The Morgan fingerprint density at radius 3 is 2.56 bits per heavy atom. The van der Waals surface area contributed by atoms with Crippen LogP contribution in [0.15, 0.2) is 0 Å². The van der Waals surface area contributed by atoms with Crippen LogP contribution in [-0.2, 0) is 4.74 Å². The van der Waals surface area contributed by atoms with Crippen LogP contribution in [0.4, 0.5) is 4.79 Å². The monoisotopic (exact) mass is 256 g/mol. The minimum absolute atomic E-state index is 0.219. The van der Waals surface area contributed by atoms with Gasteiger partial charge in [0, 0.05) is 12.6 Å². The first kappa shape index (κ1) is 15.3. The maximum absolute atomic E-state index is 11.7. The highest BCUT2D eigenvalue weighted by Gasteiger charge is 2.32. The van der Waals surface area contributed by atoms with Crippen LogP contribution in [0.2, 0.25) is 0 Å². The smallest absolute Gasteiger partial charge is 0.407 e. The van der Waals surface area contributed by atoms with Gasteiger partial charge in [0.25, 0.3) is 0 Å². The summed E-state index contributed by atoms with van der Waals surface area (Å²) in [4.78, 5) is 11.7. The molecule has 0 aromatic carbocycles. The van der Waals surface area contributed by atoms with Crippen LogP contribution in [0.5, 0.6) is 0 Å². The molecule has 1 unspecified atom stereocenters. The van der Waals surface area contributed by atoms with Gasteiger partial charge in [0.1, 0.15) is 5.60 Å². The molecule has 4 heteroatoms. The third kappa shape index (κ3) is 6.84. The normalized spacial score (nSPS) is 17.3. The van der Waals surface area contributed by atoms with E-state index in [4.69, 9.17) is 4.74 Å². The van der Waals surface area contributed by atoms with Gasteiger partial charge >= 0.3 is 6.09 Å². The van der Waals surface area contributed by atoms with Crippen molar-refractivity contribution in [2.45, 2.75) is 65.0 Å². The van der Waals surface area contributed by atoms with E-state index in [0.717, 1.165) is 13.1 Å². The van der Waals surface area contributed by atoms with E-state index in [1.54, 1.807) is 0 Å². The average molecular weight is 256 g/mol. The average Bonchev–Trinajstić information content (AvgIpc) is 3.03. The van der Waals surface area contributed by atoms with Gasteiger partial charge < -0.3 is 15.4 Å². The van der Waals surface area contributed by atoms with Gasteiger partial charge in [-0.3, -0.25) is 0 Å². The lowest BCUT2D eigenvalue weighted by Crippen LogP contribution is -2.45. The Kier molecular flexibility index (Phi) is 5.93. The molecule has 2 N–H and O–H groups in total. The highest BCUT2D eigenvalue weighted by molar-refractivity contribution is 5.68. The van der Waals surface area contributed by atoms with Crippen LogP contribution in [0.1, 0.15) is 53.4 Å². The third-order valence-corrected chi connectivity index (χ3v) is 2.96. The van der Waals surface area contributed by atoms with Crippen LogP contribution in [0.25, 0.3) is 0 Å². The number of alkyl carbamates (subject to hydrolysis) is 1. The lowest BCUT2D eigenvalue weighted by atomic mass is 10.2. The highest BCUT2D eigenvalue weighted by Crippen LogP contribution is 2.32. The van der Waals surface area contributed by atoms with E-state index in [1.165, 1.54) is 25.7 Å². The van der Waals surface area contributed by atoms with Crippen molar-refractivity contribution >= 4 is 6.09 Å². The van der Waals surface area contributed by atoms with Crippen molar-refractivity contribution in [2.24, 2.45) is 5.92 Å². The first-order valence-electron chi connectivity index (χ1n) is 7.12. The molecule has 0 aromatic rings. The third-order valence-electron chi connectivity index (χ3n) is 2.96. The summed E-state index contributed by atoms with van der Waals surface area (Å²) in [6, 6.07) is 0.219. The number of hydrogen-bond donors (Lipinski definition) is 2. The Bertz CT molecular complexity index is 257. The Morgan fingerprint density at radius 1 is 1.39 bits per heavy atom. The number of hydrogen-bond acceptors (Lipinski definition) is 3. The van der Waals surface area contributed by atoms with Gasteiger partial charge in [0.2, 0.25) is 0 Å². The fourth-order valence-electron chi connectivity index (χ4n) is 1.85. The Balaban J connectivity index is 2.27. The molecule has 1 rings (SSSR count). The molecule has 1 amide bonds. The van der Waals surface area contributed by atoms with E-state index < -0.39 is 5.60 Å². The van der Waals surface area contributed by atoms with E-state index in [0.29, 0.717) is 5.92 Å². The van der Waals surface area contributed by atoms with Crippen LogP contribution in [-0.4, -0.2) is 30.8 Å². The minimum Gasteiger partial charge on any atom is -0.444 e. The molecule has 106 valence electrons. The zero-order valence-corrected chi connectivity index (χ0v) is 12.2. The SMILES string of the molecule is CCCCNCC(NC(=O)OC(C)(C)C)C1CC1. The largest absolute Gasteiger partial charge is 0.444 e. The van der Waals surface area contributed by atoms with E-state index >= 15 is 0 Å². The second-order valence-corrected chi connectivity index (χ2v) is 6.15. The number of carbonyl (C=O) groups excluding carboxylic acids is 1. The Morgan fingerprint density at radius 2 is 2.06 bits per heavy atom. The van der Waals surface area contributed by atoms with E-state index in [2.05, 4.69) is 17.6 Å². The lowest BCUT2D eigenvalue weighted by molar-refractivity contribution is 0.0497. The molecule has 0 radical (unpaired) electrons. The van der Waals surface area contributed by atoms with Crippen molar-refractivity contribution in [3.63, 3.8) is 0 Å². The number of unbranched alkanes of at least 4 members (excludes halogenated alkanes) is 1. The second-order valence-electron chi connectivity index (χ2n) is 6.15. The quantitative estimate of drug-likeness (QED) is 0.689. The van der Waals surface area contributed by atoms with Crippen LogP contribution in [0.3, 0.4) is 0 Å². The summed E-state index contributed by atoms with van der Waals surface area (Å²) >= 11 is 0. The molecule has 0 aromatic heterocycles.